The number of anilines is 6. The standard InChI is InChI=1S/C70H52N2O2/c1-41-27-33-49(39-59(41)55-23-13-21-53-51-19-7-9-25-63(51)73-69(53)55)71(67-43(3)15-11-16-44(67)4)61-37-31-47-30-36-58-62(38-32-48-29-35-57(61)65(47)66(48)58)72(68-45(5)17-12-18-46(68)6)50-34-28-42(2)60(40-50)56-24-14-22-54-52-20-8-10-26-64(52)74-70(54)56/h7-40H,1-6H3. The van der Waals surface area contributed by atoms with Crippen molar-refractivity contribution >= 4 is 110 Å². The minimum atomic E-state index is 0.898. The normalized spacial score (nSPS) is 11.9. The van der Waals surface area contributed by atoms with E-state index in [1.165, 1.54) is 77.1 Å². The maximum atomic E-state index is 6.66. The Morgan fingerprint density at radius 2 is 0.662 bits per heavy atom. The molecule has 0 bridgehead atoms. The summed E-state index contributed by atoms with van der Waals surface area (Å²) in [4.78, 5) is 5.00. The van der Waals surface area contributed by atoms with Crippen LogP contribution in [0.15, 0.2) is 215 Å². The van der Waals surface area contributed by atoms with Gasteiger partial charge in [0.15, 0.2) is 0 Å². The van der Waals surface area contributed by atoms with Crippen molar-refractivity contribution in [2.24, 2.45) is 0 Å². The average molecular weight is 953 g/mol. The van der Waals surface area contributed by atoms with Crippen molar-refractivity contribution in [3.05, 3.63) is 240 Å². The molecule has 0 saturated carbocycles. The lowest BCUT2D eigenvalue weighted by Crippen LogP contribution is -2.14. The summed E-state index contributed by atoms with van der Waals surface area (Å²) < 4.78 is 13.3. The van der Waals surface area contributed by atoms with Gasteiger partial charge in [-0.1, -0.05) is 158 Å². The number of hydrogen-bond acceptors (Lipinski definition) is 4. The zero-order chi connectivity index (χ0) is 49.9. The van der Waals surface area contributed by atoms with Crippen LogP contribution in [-0.4, -0.2) is 0 Å². The van der Waals surface area contributed by atoms with Crippen LogP contribution in [0.5, 0.6) is 0 Å². The lowest BCUT2D eigenvalue weighted by Gasteiger charge is -2.32. The maximum Gasteiger partial charge on any atom is 0.143 e. The lowest BCUT2D eigenvalue weighted by molar-refractivity contribution is 0.669. The molecule has 0 N–H and O–H groups in total. The molecule has 354 valence electrons. The molecule has 0 amide bonds. The first kappa shape index (κ1) is 43.7. The zero-order valence-corrected chi connectivity index (χ0v) is 42.3. The zero-order valence-electron chi connectivity index (χ0n) is 42.3. The van der Waals surface area contributed by atoms with Gasteiger partial charge in [0, 0.05) is 54.8 Å². The van der Waals surface area contributed by atoms with Crippen molar-refractivity contribution in [1.82, 2.24) is 0 Å². The average Bonchev–Trinajstić information content (AvgIpc) is 4.04. The van der Waals surface area contributed by atoms with Crippen molar-refractivity contribution in [2.45, 2.75) is 41.5 Å². The Kier molecular flexibility index (Phi) is 9.87. The van der Waals surface area contributed by atoms with Crippen LogP contribution < -0.4 is 9.80 Å². The molecule has 0 radical (unpaired) electrons. The number of benzene rings is 12. The highest BCUT2D eigenvalue weighted by atomic mass is 16.3. The molecule has 0 fully saturated rings. The molecule has 12 aromatic carbocycles. The lowest BCUT2D eigenvalue weighted by atomic mass is 9.91. The summed E-state index contributed by atoms with van der Waals surface area (Å²) in [5, 5.41) is 11.8. The molecule has 2 aromatic heterocycles. The van der Waals surface area contributed by atoms with Gasteiger partial charge in [-0.2, -0.15) is 0 Å². The Bertz CT molecular complexity index is 4260. The van der Waals surface area contributed by atoms with Crippen LogP contribution in [-0.2, 0) is 0 Å². The summed E-state index contributed by atoms with van der Waals surface area (Å²) in [7, 11) is 0. The molecule has 0 atom stereocenters. The third-order valence-electron chi connectivity index (χ3n) is 15.8. The first-order valence-corrected chi connectivity index (χ1v) is 25.7. The van der Waals surface area contributed by atoms with Crippen LogP contribution in [0.25, 0.3) is 98.4 Å². The molecule has 14 rings (SSSR count). The summed E-state index contributed by atoms with van der Waals surface area (Å²) in [6.45, 7) is 13.3. The molecule has 0 aliphatic heterocycles. The number of aryl methyl sites for hydroxylation is 6. The number of fused-ring (bicyclic) bond motifs is 6. The molecule has 4 heteroatoms. The molecule has 74 heavy (non-hydrogen) atoms. The van der Waals surface area contributed by atoms with Crippen molar-refractivity contribution in [3.63, 3.8) is 0 Å². The number of rotatable bonds is 8. The van der Waals surface area contributed by atoms with E-state index in [0.717, 1.165) is 88.9 Å². The van der Waals surface area contributed by atoms with Crippen LogP contribution >= 0.6 is 0 Å². The fraction of sp³-hybridized carbons (Fsp3) is 0.0857. The van der Waals surface area contributed by atoms with Gasteiger partial charge in [-0.3, -0.25) is 0 Å². The SMILES string of the molecule is Cc1ccc(N(c2c(C)cccc2C)c2ccc3ccc4c(N(c5ccc(C)c(-c6cccc7c6oc6ccccc67)c5)c5c(C)cccc5C)ccc5ccc2c3c54)cc1-c1cccc2c1oc1ccccc12. The second-order valence-corrected chi connectivity index (χ2v) is 20.3. The Morgan fingerprint density at radius 1 is 0.284 bits per heavy atom. The van der Waals surface area contributed by atoms with Crippen molar-refractivity contribution in [2.75, 3.05) is 9.80 Å². The Morgan fingerprint density at radius 3 is 1.09 bits per heavy atom. The van der Waals surface area contributed by atoms with Gasteiger partial charge in [-0.25, -0.2) is 0 Å². The third kappa shape index (κ3) is 6.61. The highest BCUT2D eigenvalue weighted by molar-refractivity contribution is 6.28. The number of hydrogen-bond donors (Lipinski definition) is 0. The first-order chi connectivity index (χ1) is 36.2. The first-order valence-electron chi connectivity index (χ1n) is 25.7. The van der Waals surface area contributed by atoms with E-state index in [1.807, 2.05) is 12.1 Å². The van der Waals surface area contributed by atoms with Crippen LogP contribution in [0, 0.1) is 41.5 Å². The minimum Gasteiger partial charge on any atom is -0.455 e. The van der Waals surface area contributed by atoms with Gasteiger partial charge in [0.2, 0.25) is 0 Å². The molecular formula is C70H52N2O2. The van der Waals surface area contributed by atoms with Gasteiger partial charge in [-0.05, 0) is 156 Å². The maximum absolute atomic E-state index is 6.66. The van der Waals surface area contributed by atoms with Gasteiger partial charge in [0.05, 0.1) is 22.7 Å². The molecule has 0 unspecified atom stereocenters. The topological polar surface area (TPSA) is 32.8 Å². The van der Waals surface area contributed by atoms with E-state index in [4.69, 9.17) is 8.83 Å². The van der Waals surface area contributed by atoms with Gasteiger partial charge in [0.25, 0.3) is 0 Å². The Labute approximate surface area is 430 Å². The van der Waals surface area contributed by atoms with Crippen LogP contribution in [0.2, 0.25) is 0 Å². The van der Waals surface area contributed by atoms with E-state index in [-0.39, 0.29) is 0 Å². The fourth-order valence-corrected chi connectivity index (χ4v) is 12.3. The second-order valence-electron chi connectivity index (χ2n) is 20.3. The van der Waals surface area contributed by atoms with E-state index in [9.17, 15) is 0 Å². The molecule has 4 nitrogen and oxygen atoms in total. The van der Waals surface area contributed by atoms with Crippen LogP contribution in [0.1, 0.15) is 33.4 Å². The highest BCUT2D eigenvalue weighted by Crippen LogP contribution is 2.51. The minimum absolute atomic E-state index is 0.898. The highest BCUT2D eigenvalue weighted by Gasteiger charge is 2.26. The third-order valence-corrected chi connectivity index (χ3v) is 15.8. The second kappa shape index (κ2) is 16.7. The molecule has 0 aliphatic carbocycles. The number of nitrogens with zero attached hydrogens (tertiary/aromatic N) is 2. The summed E-state index contributed by atoms with van der Waals surface area (Å²) in [6.07, 6.45) is 0. The van der Waals surface area contributed by atoms with E-state index >= 15 is 0 Å². The van der Waals surface area contributed by atoms with E-state index in [1.54, 1.807) is 0 Å². The quantitative estimate of drug-likeness (QED) is 0.142. The summed E-state index contributed by atoms with van der Waals surface area (Å²) in [5.74, 6) is 0. The molecular weight excluding hydrogens is 901 g/mol. The van der Waals surface area contributed by atoms with Crippen molar-refractivity contribution in [1.29, 1.82) is 0 Å². The monoisotopic (exact) mass is 952 g/mol. The molecule has 14 aromatic rings. The fourth-order valence-electron chi connectivity index (χ4n) is 12.3. The smallest absolute Gasteiger partial charge is 0.143 e. The molecule has 0 aliphatic rings. The van der Waals surface area contributed by atoms with Gasteiger partial charge < -0.3 is 18.6 Å². The van der Waals surface area contributed by atoms with Crippen LogP contribution in [0.3, 0.4) is 0 Å². The summed E-state index contributed by atoms with van der Waals surface area (Å²) >= 11 is 0. The molecule has 0 saturated heterocycles. The van der Waals surface area contributed by atoms with E-state index < -0.39 is 0 Å². The summed E-state index contributed by atoms with van der Waals surface area (Å²) in [6, 6.07) is 75.5. The Balaban J connectivity index is 0.989. The van der Waals surface area contributed by atoms with E-state index in [0.29, 0.717) is 0 Å². The van der Waals surface area contributed by atoms with Crippen LogP contribution in [0.4, 0.5) is 34.1 Å². The molecule has 2 heterocycles. The van der Waals surface area contributed by atoms with E-state index in [2.05, 4.69) is 245 Å². The predicted octanol–water partition coefficient (Wildman–Crippen LogP) is 20.5. The van der Waals surface area contributed by atoms with Gasteiger partial charge in [-0.15, -0.1) is 0 Å². The largest absolute Gasteiger partial charge is 0.455 e. The Hall–Kier alpha value is -9.12. The summed E-state index contributed by atoms with van der Waals surface area (Å²) in [5.41, 5.74) is 22.0. The molecule has 0 spiro atoms. The van der Waals surface area contributed by atoms with Gasteiger partial charge in [0.1, 0.15) is 22.3 Å². The van der Waals surface area contributed by atoms with Crippen molar-refractivity contribution < 1.29 is 8.83 Å². The van der Waals surface area contributed by atoms with Crippen molar-refractivity contribution in [3.8, 4) is 22.3 Å². The number of para-hydroxylation sites is 6. The predicted molar refractivity (Wildman–Crippen MR) is 313 cm³/mol. The number of furan rings is 2. The van der Waals surface area contributed by atoms with Gasteiger partial charge >= 0.3 is 0 Å².